The number of hydrogen-bond donors (Lipinski definition) is 2. The number of nitrogens with zero attached hydrogens (tertiary/aromatic N) is 2. The Hall–Kier alpha value is -0.170. The number of ether oxygens (including phenoxy) is 2. The van der Waals surface area contributed by atoms with E-state index in [1.54, 1.807) is 14.2 Å². The van der Waals surface area contributed by atoms with E-state index < -0.39 is 15.6 Å². The van der Waals surface area contributed by atoms with Gasteiger partial charge in [0, 0.05) is 45.2 Å². The Kier molecular flexibility index (Phi) is 11.4. The quantitative estimate of drug-likeness (QED) is 0.211. The Morgan fingerprint density at radius 1 is 1.36 bits per heavy atom. The first kappa shape index (κ1) is 24.8. The van der Waals surface area contributed by atoms with Gasteiger partial charge in [-0.05, 0) is 20.3 Å². The van der Waals surface area contributed by atoms with Gasteiger partial charge in [-0.25, -0.2) is 13.1 Å². The van der Waals surface area contributed by atoms with Crippen molar-refractivity contribution in [2.45, 2.75) is 25.8 Å². The monoisotopic (exact) mass is 492 g/mol. The summed E-state index contributed by atoms with van der Waals surface area (Å²) in [6.45, 7) is 7.88. The molecular weight excluding hydrogens is 459 g/mol. The highest BCUT2D eigenvalue weighted by molar-refractivity contribution is 14.0. The molecule has 0 radical (unpaired) electrons. The fourth-order valence-corrected chi connectivity index (χ4v) is 3.80. The Morgan fingerprint density at radius 3 is 2.60 bits per heavy atom. The maximum atomic E-state index is 11.4. The number of halogens is 1. The lowest BCUT2D eigenvalue weighted by Gasteiger charge is -2.29. The minimum Gasteiger partial charge on any atom is -0.382 e. The molecule has 1 heterocycles. The molecule has 0 amide bonds. The fraction of sp³-hybridized carbons (Fsp3) is 0.933. The van der Waals surface area contributed by atoms with Gasteiger partial charge in [0.2, 0.25) is 10.0 Å². The molecule has 150 valence electrons. The lowest BCUT2D eigenvalue weighted by Crippen LogP contribution is -2.53. The summed E-state index contributed by atoms with van der Waals surface area (Å²) < 4.78 is 36.0. The van der Waals surface area contributed by atoms with Crippen LogP contribution in [0.3, 0.4) is 0 Å². The average molecular weight is 492 g/mol. The van der Waals surface area contributed by atoms with Crippen molar-refractivity contribution in [2.75, 3.05) is 59.9 Å². The molecule has 0 saturated carbocycles. The lowest BCUT2D eigenvalue weighted by atomic mass is 10.1. The van der Waals surface area contributed by atoms with Crippen molar-refractivity contribution in [1.82, 2.24) is 14.9 Å². The normalized spacial score (nSPS) is 19.0. The van der Waals surface area contributed by atoms with Crippen LogP contribution in [0.2, 0.25) is 0 Å². The van der Waals surface area contributed by atoms with E-state index in [1.165, 1.54) is 0 Å². The van der Waals surface area contributed by atoms with Crippen molar-refractivity contribution in [3.8, 4) is 0 Å². The number of rotatable bonds is 9. The van der Waals surface area contributed by atoms with Crippen LogP contribution in [0.5, 0.6) is 0 Å². The Bertz CT molecular complexity index is 514. The van der Waals surface area contributed by atoms with Crippen LogP contribution in [0.15, 0.2) is 4.99 Å². The van der Waals surface area contributed by atoms with Crippen molar-refractivity contribution >= 4 is 40.0 Å². The number of methoxy groups -OCH3 is 1. The average Bonchev–Trinajstić information content (AvgIpc) is 2.90. The number of likely N-dealkylation sites (tertiary alicyclic amines) is 1. The first-order valence-corrected chi connectivity index (χ1v) is 10.1. The minimum atomic E-state index is -3.25. The summed E-state index contributed by atoms with van der Waals surface area (Å²) in [4.78, 5) is 6.49. The van der Waals surface area contributed by atoms with E-state index in [1.807, 2.05) is 13.8 Å². The highest BCUT2D eigenvalue weighted by Crippen LogP contribution is 2.16. The molecule has 25 heavy (non-hydrogen) atoms. The van der Waals surface area contributed by atoms with Crippen LogP contribution < -0.4 is 10.0 Å². The van der Waals surface area contributed by atoms with Gasteiger partial charge in [-0.15, -0.1) is 24.0 Å². The second kappa shape index (κ2) is 11.5. The molecule has 2 N–H and O–H groups in total. The highest BCUT2D eigenvalue weighted by Gasteiger charge is 2.27. The number of aliphatic imine (C=N–C) groups is 1. The summed E-state index contributed by atoms with van der Waals surface area (Å²) in [5.74, 6) is 1.26. The molecule has 8 nitrogen and oxygen atoms in total. The van der Waals surface area contributed by atoms with Crippen LogP contribution in [0, 0.1) is 5.92 Å². The molecule has 1 saturated heterocycles. The molecule has 0 aliphatic carbocycles. The fourth-order valence-electron chi connectivity index (χ4n) is 2.72. The molecule has 1 fully saturated rings. The van der Waals surface area contributed by atoms with Gasteiger partial charge in [-0.1, -0.05) is 0 Å². The molecule has 10 heteroatoms. The van der Waals surface area contributed by atoms with E-state index >= 15 is 0 Å². The SMILES string of the molecule is CN=C(NCC(C)(C)NS(C)(=O)=O)N1CCC(COCCOC)C1.I. The van der Waals surface area contributed by atoms with E-state index in [4.69, 9.17) is 9.47 Å². The Morgan fingerprint density at radius 2 is 2.04 bits per heavy atom. The summed E-state index contributed by atoms with van der Waals surface area (Å²) in [6.07, 6.45) is 2.22. The van der Waals surface area contributed by atoms with E-state index in [0.29, 0.717) is 25.7 Å². The minimum absolute atomic E-state index is 0. The zero-order valence-corrected chi connectivity index (χ0v) is 19.0. The second-order valence-corrected chi connectivity index (χ2v) is 8.58. The first-order chi connectivity index (χ1) is 11.2. The van der Waals surface area contributed by atoms with Crippen LogP contribution in [-0.2, 0) is 19.5 Å². The maximum absolute atomic E-state index is 11.4. The van der Waals surface area contributed by atoms with E-state index in [0.717, 1.165) is 38.3 Å². The third-order valence-electron chi connectivity index (χ3n) is 3.73. The summed E-state index contributed by atoms with van der Waals surface area (Å²) in [7, 11) is 0.151. The van der Waals surface area contributed by atoms with Gasteiger partial charge in [-0.2, -0.15) is 0 Å². The number of guanidine groups is 1. The van der Waals surface area contributed by atoms with E-state index in [2.05, 4.69) is 19.9 Å². The van der Waals surface area contributed by atoms with E-state index in [-0.39, 0.29) is 24.0 Å². The van der Waals surface area contributed by atoms with Gasteiger partial charge < -0.3 is 19.7 Å². The summed E-state index contributed by atoms with van der Waals surface area (Å²) >= 11 is 0. The zero-order chi connectivity index (χ0) is 18.2. The molecule has 1 aliphatic rings. The number of sulfonamides is 1. The van der Waals surface area contributed by atoms with E-state index in [9.17, 15) is 8.42 Å². The van der Waals surface area contributed by atoms with Crippen LogP contribution in [0.25, 0.3) is 0 Å². The maximum Gasteiger partial charge on any atom is 0.209 e. The number of hydrogen-bond acceptors (Lipinski definition) is 5. The largest absolute Gasteiger partial charge is 0.382 e. The van der Waals surface area contributed by atoms with Crippen LogP contribution >= 0.6 is 24.0 Å². The van der Waals surface area contributed by atoms with Gasteiger partial charge in [0.25, 0.3) is 0 Å². The van der Waals surface area contributed by atoms with Gasteiger partial charge in [-0.3, -0.25) is 4.99 Å². The van der Waals surface area contributed by atoms with Crippen molar-refractivity contribution in [2.24, 2.45) is 10.9 Å². The lowest BCUT2D eigenvalue weighted by molar-refractivity contribution is 0.0536. The molecule has 0 bridgehead atoms. The molecule has 0 aromatic carbocycles. The van der Waals surface area contributed by atoms with Crippen molar-refractivity contribution < 1.29 is 17.9 Å². The van der Waals surface area contributed by atoms with Gasteiger partial charge in [0.15, 0.2) is 5.96 Å². The standard InChI is InChI=1S/C15H32N4O4S.HI/c1-15(2,18-24(5,20)21)12-17-14(16-3)19-7-6-13(10-19)11-23-9-8-22-4;/h13,18H,6-12H2,1-5H3,(H,16,17);1H. The van der Waals surface area contributed by atoms with Crippen molar-refractivity contribution in [3.63, 3.8) is 0 Å². The molecule has 0 aromatic heterocycles. The highest BCUT2D eigenvalue weighted by atomic mass is 127. The van der Waals surface area contributed by atoms with Crippen LogP contribution in [0.4, 0.5) is 0 Å². The first-order valence-electron chi connectivity index (χ1n) is 8.18. The molecule has 1 unspecified atom stereocenters. The van der Waals surface area contributed by atoms with Crippen molar-refractivity contribution in [3.05, 3.63) is 0 Å². The van der Waals surface area contributed by atoms with Crippen LogP contribution in [-0.4, -0.2) is 84.7 Å². The summed E-state index contributed by atoms with van der Waals surface area (Å²) in [5.41, 5.74) is -0.591. The zero-order valence-electron chi connectivity index (χ0n) is 15.9. The third-order valence-corrected chi connectivity index (χ3v) is 4.66. The molecule has 1 rings (SSSR count). The van der Waals surface area contributed by atoms with Crippen LogP contribution in [0.1, 0.15) is 20.3 Å². The second-order valence-electron chi connectivity index (χ2n) is 6.83. The summed E-state index contributed by atoms with van der Waals surface area (Å²) in [6, 6.07) is 0. The molecular formula is C15H33IN4O4S. The predicted molar refractivity (Wildman–Crippen MR) is 111 cm³/mol. The molecule has 0 aromatic rings. The smallest absolute Gasteiger partial charge is 0.209 e. The van der Waals surface area contributed by atoms with Gasteiger partial charge in [0.1, 0.15) is 0 Å². The predicted octanol–water partition coefficient (Wildman–Crippen LogP) is 0.493. The topological polar surface area (TPSA) is 92.3 Å². The number of nitrogens with one attached hydrogen (secondary N) is 2. The molecule has 1 atom stereocenters. The van der Waals surface area contributed by atoms with Gasteiger partial charge in [0.05, 0.1) is 26.1 Å². The third kappa shape index (κ3) is 10.5. The molecule has 0 spiro atoms. The van der Waals surface area contributed by atoms with Crippen molar-refractivity contribution in [1.29, 1.82) is 0 Å². The Balaban J connectivity index is 0.00000576. The van der Waals surface area contributed by atoms with Gasteiger partial charge >= 0.3 is 0 Å². The summed E-state index contributed by atoms with van der Waals surface area (Å²) in [5, 5.41) is 3.26. The Labute approximate surface area is 169 Å². The molecule has 1 aliphatic heterocycles.